The lowest BCUT2D eigenvalue weighted by molar-refractivity contribution is -0.152. The van der Waals surface area contributed by atoms with Gasteiger partial charge in [0.2, 0.25) is 0 Å². The zero-order chi connectivity index (χ0) is 21.3. The van der Waals surface area contributed by atoms with Gasteiger partial charge in [-0.25, -0.2) is 13.2 Å². The van der Waals surface area contributed by atoms with Crippen LogP contribution in [0.5, 0.6) is 0 Å². The van der Waals surface area contributed by atoms with Crippen molar-refractivity contribution in [1.82, 2.24) is 4.90 Å². The van der Waals surface area contributed by atoms with Gasteiger partial charge in [-0.1, -0.05) is 47.5 Å². The molecule has 7 nitrogen and oxygen atoms in total. The molecule has 3 atom stereocenters. The predicted molar refractivity (Wildman–Crippen MR) is 107 cm³/mol. The number of likely N-dealkylation sites (tertiary alicyclic amines) is 1. The molecule has 0 aromatic heterocycles. The van der Waals surface area contributed by atoms with Crippen molar-refractivity contribution in [3.05, 3.63) is 64.1 Å². The number of aliphatic hydroxyl groups excluding tert-OH is 1. The van der Waals surface area contributed by atoms with Crippen LogP contribution in [0.4, 0.5) is 0 Å². The molecule has 0 saturated carbocycles. The number of amides is 1. The van der Waals surface area contributed by atoms with Crippen LogP contribution < -0.4 is 0 Å². The summed E-state index contributed by atoms with van der Waals surface area (Å²) >= 11 is 11.8. The first-order valence-electron chi connectivity index (χ1n) is 8.58. The fourth-order valence-corrected chi connectivity index (χ4v) is 5.64. The minimum Gasteiger partial charge on any atom is -0.480 e. The standard InChI is InChI=1S/C19H17Cl2NO6S/c20-12-7-5-11(6-8-12)17(23)18(24)22-10-13(9-15(22)19(25)26)29(27,28)16-4-2-1-3-14(16)21/h1-8,13,15,17,23H,9-10H2,(H,25,26)/t13-,15+,17?/m1/s1. The largest absolute Gasteiger partial charge is 0.480 e. The number of hydrogen-bond acceptors (Lipinski definition) is 5. The molecule has 2 aromatic carbocycles. The number of hydrogen-bond donors (Lipinski definition) is 2. The first-order valence-corrected chi connectivity index (χ1v) is 10.9. The highest BCUT2D eigenvalue weighted by atomic mass is 35.5. The number of sulfone groups is 1. The molecule has 2 N–H and O–H groups in total. The van der Waals surface area contributed by atoms with E-state index in [0.717, 1.165) is 4.90 Å². The van der Waals surface area contributed by atoms with Gasteiger partial charge in [0, 0.05) is 11.6 Å². The van der Waals surface area contributed by atoms with Crippen molar-refractivity contribution < 1.29 is 28.2 Å². The van der Waals surface area contributed by atoms with Crippen molar-refractivity contribution in [2.75, 3.05) is 6.54 Å². The molecule has 0 aliphatic carbocycles. The molecule has 1 saturated heterocycles. The predicted octanol–water partition coefficient (Wildman–Crippen LogP) is 2.55. The van der Waals surface area contributed by atoms with Gasteiger partial charge in [0.05, 0.1) is 15.2 Å². The van der Waals surface area contributed by atoms with Crippen LogP contribution >= 0.6 is 23.2 Å². The number of carboxylic acid groups (broad SMARTS) is 1. The van der Waals surface area contributed by atoms with E-state index >= 15 is 0 Å². The quantitative estimate of drug-likeness (QED) is 0.713. The molecule has 0 radical (unpaired) electrons. The second-order valence-corrected chi connectivity index (χ2v) is 9.67. The smallest absolute Gasteiger partial charge is 0.326 e. The molecule has 0 spiro atoms. The summed E-state index contributed by atoms with van der Waals surface area (Å²) in [5, 5.41) is 19.2. The van der Waals surface area contributed by atoms with E-state index in [4.69, 9.17) is 23.2 Å². The normalized spacial score (nSPS) is 20.4. The molecule has 1 aliphatic heterocycles. The second-order valence-electron chi connectivity index (χ2n) is 6.63. The summed E-state index contributed by atoms with van der Waals surface area (Å²) in [5.41, 5.74) is 0.223. The van der Waals surface area contributed by atoms with E-state index in [1.807, 2.05) is 0 Å². The van der Waals surface area contributed by atoms with Crippen molar-refractivity contribution in [3.8, 4) is 0 Å². The van der Waals surface area contributed by atoms with Crippen molar-refractivity contribution in [2.45, 2.75) is 28.7 Å². The first-order chi connectivity index (χ1) is 13.6. The molecule has 1 unspecified atom stereocenters. The van der Waals surface area contributed by atoms with Crippen molar-refractivity contribution in [1.29, 1.82) is 0 Å². The van der Waals surface area contributed by atoms with Crippen LogP contribution in [0.25, 0.3) is 0 Å². The van der Waals surface area contributed by atoms with Gasteiger partial charge in [-0.05, 0) is 36.2 Å². The lowest BCUT2D eigenvalue weighted by Crippen LogP contribution is -2.43. The number of nitrogens with zero attached hydrogens (tertiary/aromatic N) is 1. The summed E-state index contributed by atoms with van der Waals surface area (Å²) in [5.74, 6) is -2.24. The summed E-state index contributed by atoms with van der Waals surface area (Å²) in [4.78, 5) is 25.2. The monoisotopic (exact) mass is 457 g/mol. The average molecular weight is 458 g/mol. The van der Waals surface area contributed by atoms with Crippen LogP contribution in [0.1, 0.15) is 18.1 Å². The van der Waals surface area contributed by atoms with E-state index < -0.39 is 39.1 Å². The van der Waals surface area contributed by atoms with Crippen molar-refractivity contribution >= 4 is 44.9 Å². The van der Waals surface area contributed by atoms with E-state index in [9.17, 15) is 28.2 Å². The summed E-state index contributed by atoms with van der Waals surface area (Å²) in [6.07, 6.45) is -1.95. The van der Waals surface area contributed by atoms with Gasteiger partial charge in [0.25, 0.3) is 5.91 Å². The Labute approximate surface area is 177 Å². The Kier molecular flexibility index (Phi) is 6.19. The van der Waals surface area contributed by atoms with Crippen molar-refractivity contribution in [3.63, 3.8) is 0 Å². The molecule has 1 amide bonds. The molecule has 1 heterocycles. The molecule has 1 aliphatic rings. The molecule has 3 rings (SSSR count). The minimum absolute atomic E-state index is 0.0188. The van der Waals surface area contributed by atoms with Gasteiger partial charge >= 0.3 is 5.97 Å². The van der Waals surface area contributed by atoms with Crippen LogP contribution in [-0.2, 0) is 19.4 Å². The van der Waals surface area contributed by atoms with E-state index in [1.165, 1.54) is 42.5 Å². The summed E-state index contributed by atoms with van der Waals surface area (Å²) in [6, 6.07) is 10.3. The Hall–Kier alpha value is -2.13. The third-order valence-electron chi connectivity index (χ3n) is 4.83. The summed E-state index contributed by atoms with van der Waals surface area (Å²) in [7, 11) is -3.99. The lowest BCUT2D eigenvalue weighted by Gasteiger charge is -2.24. The van der Waals surface area contributed by atoms with Crippen LogP contribution in [0.3, 0.4) is 0 Å². The third kappa shape index (κ3) is 4.25. The topological polar surface area (TPSA) is 112 Å². The maximum absolute atomic E-state index is 13.0. The summed E-state index contributed by atoms with van der Waals surface area (Å²) < 4.78 is 26.0. The highest BCUT2D eigenvalue weighted by molar-refractivity contribution is 7.92. The Balaban J connectivity index is 1.89. The number of aliphatic hydroxyl groups is 1. The maximum Gasteiger partial charge on any atom is 0.326 e. The van der Waals surface area contributed by atoms with Gasteiger partial charge in [0.1, 0.15) is 6.04 Å². The Morgan fingerprint density at radius 3 is 2.28 bits per heavy atom. The zero-order valence-corrected chi connectivity index (χ0v) is 17.2. The molecule has 10 heteroatoms. The van der Waals surface area contributed by atoms with Gasteiger partial charge in [-0.3, -0.25) is 4.79 Å². The SMILES string of the molecule is O=C(O)[C@@H]1C[C@@H](S(=O)(=O)c2ccccc2Cl)CN1C(=O)C(O)c1ccc(Cl)cc1. The number of carbonyl (C=O) groups excluding carboxylic acids is 1. The Morgan fingerprint density at radius 1 is 1.07 bits per heavy atom. The molecule has 29 heavy (non-hydrogen) atoms. The number of benzene rings is 2. The number of halogens is 2. The molecule has 2 aromatic rings. The Morgan fingerprint density at radius 2 is 1.69 bits per heavy atom. The van der Waals surface area contributed by atoms with Crippen LogP contribution in [0, 0.1) is 0 Å². The molecule has 0 bridgehead atoms. The lowest BCUT2D eigenvalue weighted by atomic mass is 10.1. The van der Waals surface area contributed by atoms with Crippen molar-refractivity contribution in [2.24, 2.45) is 0 Å². The third-order valence-corrected chi connectivity index (χ3v) is 7.71. The van der Waals surface area contributed by atoms with Gasteiger partial charge in [-0.2, -0.15) is 0 Å². The number of rotatable bonds is 5. The van der Waals surface area contributed by atoms with Gasteiger partial charge in [-0.15, -0.1) is 0 Å². The van der Waals surface area contributed by atoms with Crippen LogP contribution in [0.15, 0.2) is 53.4 Å². The molecule has 1 fully saturated rings. The number of aliphatic carboxylic acids is 1. The number of carbonyl (C=O) groups is 2. The van der Waals surface area contributed by atoms with E-state index in [2.05, 4.69) is 0 Å². The number of carboxylic acids is 1. The van der Waals surface area contributed by atoms with Gasteiger partial charge in [0.15, 0.2) is 15.9 Å². The minimum atomic E-state index is -3.99. The molecular formula is C19H17Cl2NO6S. The Bertz CT molecular complexity index is 1040. The first kappa shape index (κ1) is 21.6. The van der Waals surface area contributed by atoms with Crippen LogP contribution in [-0.4, -0.2) is 53.2 Å². The van der Waals surface area contributed by atoms with E-state index in [0.29, 0.717) is 5.02 Å². The van der Waals surface area contributed by atoms with E-state index in [-0.39, 0.29) is 28.4 Å². The second kappa shape index (κ2) is 8.31. The van der Waals surface area contributed by atoms with Gasteiger partial charge < -0.3 is 15.1 Å². The van der Waals surface area contributed by atoms with Crippen LogP contribution in [0.2, 0.25) is 10.0 Å². The zero-order valence-electron chi connectivity index (χ0n) is 14.9. The summed E-state index contributed by atoms with van der Waals surface area (Å²) in [6.45, 7) is -0.367. The maximum atomic E-state index is 13.0. The highest BCUT2D eigenvalue weighted by Gasteiger charge is 2.47. The molecular weight excluding hydrogens is 441 g/mol. The molecule has 154 valence electrons. The highest BCUT2D eigenvalue weighted by Crippen LogP contribution is 2.33. The fraction of sp³-hybridized carbons (Fsp3) is 0.263. The van der Waals surface area contributed by atoms with E-state index in [1.54, 1.807) is 6.07 Å². The average Bonchev–Trinajstić information content (AvgIpc) is 3.14. The fourth-order valence-electron chi connectivity index (χ4n) is 3.30.